The maximum absolute atomic E-state index is 11.3. The summed E-state index contributed by atoms with van der Waals surface area (Å²) in [5, 5.41) is 3.57. The van der Waals surface area contributed by atoms with Gasteiger partial charge in [0.2, 0.25) is 0 Å². The molecule has 100 valence electrons. The number of piperazine rings is 1. The molecule has 1 atom stereocenters. The van der Waals surface area contributed by atoms with Crippen molar-refractivity contribution >= 4 is 9.84 Å². The fourth-order valence-corrected chi connectivity index (χ4v) is 3.23. The normalized spacial score (nSPS) is 30.4. The van der Waals surface area contributed by atoms with Crippen molar-refractivity contribution in [1.82, 2.24) is 10.2 Å². The highest BCUT2D eigenvalue weighted by atomic mass is 32.2. The first-order valence-corrected chi connectivity index (χ1v) is 8.50. The molecular formula is C12H24N2O2S. The minimum atomic E-state index is -2.85. The average molecular weight is 260 g/mol. The summed E-state index contributed by atoms with van der Waals surface area (Å²) in [6.45, 7) is 7.00. The summed E-state index contributed by atoms with van der Waals surface area (Å²) in [5.74, 6) is 1.07. The van der Waals surface area contributed by atoms with Crippen molar-refractivity contribution in [2.45, 2.75) is 38.3 Å². The van der Waals surface area contributed by atoms with Gasteiger partial charge in [-0.1, -0.05) is 0 Å². The van der Waals surface area contributed by atoms with Gasteiger partial charge in [-0.15, -0.1) is 0 Å². The van der Waals surface area contributed by atoms with Gasteiger partial charge in [0.15, 0.2) is 0 Å². The number of sulfone groups is 1. The fourth-order valence-electron chi connectivity index (χ4n) is 2.66. The van der Waals surface area contributed by atoms with E-state index in [4.69, 9.17) is 0 Å². The third kappa shape index (κ3) is 3.93. The van der Waals surface area contributed by atoms with Gasteiger partial charge in [0.25, 0.3) is 0 Å². The topological polar surface area (TPSA) is 49.4 Å². The summed E-state index contributed by atoms with van der Waals surface area (Å²) in [6.07, 6.45) is 3.94. The van der Waals surface area contributed by atoms with Crippen LogP contribution in [0.3, 0.4) is 0 Å². The molecule has 2 fully saturated rings. The second-order valence-corrected chi connectivity index (χ2v) is 8.53. The van der Waals surface area contributed by atoms with Crippen molar-refractivity contribution in [3.05, 3.63) is 0 Å². The molecule has 1 N–H and O–H groups in total. The number of nitrogens with zero attached hydrogens (tertiary/aromatic N) is 1. The van der Waals surface area contributed by atoms with Crippen molar-refractivity contribution in [2.24, 2.45) is 5.92 Å². The van der Waals surface area contributed by atoms with Gasteiger partial charge in [0.1, 0.15) is 9.84 Å². The molecular weight excluding hydrogens is 236 g/mol. The Bertz CT molecular complexity index is 374. The average Bonchev–Trinajstić information content (AvgIpc) is 2.96. The van der Waals surface area contributed by atoms with E-state index >= 15 is 0 Å². The van der Waals surface area contributed by atoms with Crippen molar-refractivity contribution in [3.8, 4) is 0 Å². The number of hydrogen-bond donors (Lipinski definition) is 1. The lowest BCUT2D eigenvalue weighted by atomic mass is 9.97. The Balaban J connectivity index is 1.98. The van der Waals surface area contributed by atoms with E-state index in [9.17, 15) is 8.42 Å². The predicted octanol–water partition coefficient (Wildman–Crippen LogP) is 0.493. The molecule has 0 spiro atoms. The van der Waals surface area contributed by atoms with Crippen LogP contribution in [0.4, 0.5) is 0 Å². The lowest BCUT2D eigenvalue weighted by Gasteiger charge is -2.45. The van der Waals surface area contributed by atoms with E-state index in [0.29, 0.717) is 12.6 Å². The Hall–Kier alpha value is -0.130. The summed E-state index contributed by atoms with van der Waals surface area (Å²) < 4.78 is 22.6. The first-order valence-electron chi connectivity index (χ1n) is 6.44. The van der Waals surface area contributed by atoms with E-state index in [1.54, 1.807) is 0 Å². The number of rotatable bonds is 4. The van der Waals surface area contributed by atoms with Gasteiger partial charge in [-0.25, -0.2) is 8.42 Å². The molecule has 0 radical (unpaired) electrons. The summed E-state index contributed by atoms with van der Waals surface area (Å²) in [6, 6.07) is 0.546. The van der Waals surface area contributed by atoms with Crippen molar-refractivity contribution in [1.29, 1.82) is 0 Å². The van der Waals surface area contributed by atoms with E-state index in [1.807, 2.05) is 0 Å². The molecule has 0 aromatic heterocycles. The SMILES string of the molecule is CC1(C)CN(CCS(C)(=O)=O)C(C2CC2)CN1. The molecule has 0 aromatic carbocycles. The third-order valence-electron chi connectivity index (χ3n) is 3.77. The van der Waals surface area contributed by atoms with E-state index in [0.717, 1.165) is 19.0 Å². The Kier molecular flexibility index (Phi) is 3.54. The zero-order chi connectivity index (χ0) is 12.7. The number of nitrogens with one attached hydrogen (secondary N) is 1. The summed E-state index contributed by atoms with van der Waals surface area (Å²) in [7, 11) is -2.85. The summed E-state index contributed by atoms with van der Waals surface area (Å²) in [4.78, 5) is 2.38. The molecule has 1 aliphatic heterocycles. The van der Waals surface area contributed by atoms with E-state index < -0.39 is 9.84 Å². The standard InChI is InChI=1S/C12H24N2O2S/c1-12(2)9-14(6-7-17(3,15)16)11(8-13-12)10-4-5-10/h10-11,13H,4-9H2,1-3H3. The molecule has 5 heteroatoms. The van der Waals surface area contributed by atoms with Gasteiger partial charge < -0.3 is 5.32 Å². The molecule has 1 heterocycles. The predicted molar refractivity (Wildman–Crippen MR) is 69.9 cm³/mol. The molecule has 17 heavy (non-hydrogen) atoms. The van der Waals surface area contributed by atoms with Crippen LogP contribution in [-0.2, 0) is 9.84 Å². The molecule has 2 aliphatic rings. The van der Waals surface area contributed by atoms with E-state index in [1.165, 1.54) is 19.1 Å². The molecule has 1 unspecified atom stereocenters. The van der Waals surface area contributed by atoms with Crippen LogP contribution in [0.15, 0.2) is 0 Å². The third-order valence-corrected chi connectivity index (χ3v) is 4.70. The maximum atomic E-state index is 11.3. The van der Waals surface area contributed by atoms with Gasteiger partial charge >= 0.3 is 0 Å². The zero-order valence-corrected chi connectivity index (χ0v) is 11.9. The van der Waals surface area contributed by atoms with Crippen LogP contribution in [0.2, 0.25) is 0 Å². The van der Waals surface area contributed by atoms with Crippen molar-refractivity contribution < 1.29 is 8.42 Å². The summed E-state index contributed by atoms with van der Waals surface area (Å²) in [5.41, 5.74) is 0.100. The maximum Gasteiger partial charge on any atom is 0.148 e. The van der Waals surface area contributed by atoms with Crippen LogP contribution in [0.1, 0.15) is 26.7 Å². The molecule has 0 bridgehead atoms. The highest BCUT2D eigenvalue weighted by Gasteiger charge is 2.40. The van der Waals surface area contributed by atoms with Crippen LogP contribution < -0.4 is 5.32 Å². The second-order valence-electron chi connectivity index (χ2n) is 6.27. The molecule has 2 rings (SSSR count). The molecule has 1 saturated carbocycles. The van der Waals surface area contributed by atoms with Gasteiger partial charge in [0, 0.05) is 37.5 Å². The Morgan fingerprint density at radius 3 is 2.53 bits per heavy atom. The smallest absolute Gasteiger partial charge is 0.148 e. The van der Waals surface area contributed by atoms with Gasteiger partial charge in [-0.2, -0.15) is 0 Å². The monoisotopic (exact) mass is 260 g/mol. The highest BCUT2D eigenvalue weighted by Crippen LogP contribution is 2.37. The van der Waals surface area contributed by atoms with Crippen LogP contribution in [0.5, 0.6) is 0 Å². The molecule has 1 saturated heterocycles. The Morgan fingerprint density at radius 1 is 1.35 bits per heavy atom. The van der Waals surface area contributed by atoms with Crippen molar-refractivity contribution in [2.75, 3.05) is 31.6 Å². The molecule has 1 aliphatic carbocycles. The van der Waals surface area contributed by atoms with Crippen LogP contribution in [0, 0.1) is 5.92 Å². The zero-order valence-electron chi connectivity index (χ0n) is 11.1. The Morgan fingerprint density at radius 2 is 2.00 bits per heavy atom. The fraction of sp³-hybridized carbons (Fsp3) is 1.00. The lowest BCUT2D eigenvalue weighted by molar-refractivity contribution is 0.0890. The molecule has 4 nitrogen and oxygen atoms in total. The second kappa shape index (κ2) is 4.52. The lowest BCUT2D eigenvalue weighted by Crippen LogP contribution is -2.62. The Labute approximate surface area is 105 Å². The van der Waals surface area contributed by atoms with Gasteiger partial charge in [0.05, 0.1) is 5.75 Å². The van der Waals surface area contributed by atoms with Crippen LogP contribution in [0.25, 0.3) is 0 Å². The van der Waals surface area contributed by atoms with Gasteiger partial charge in [-0.05, 0) is 32.6 Å². The first kappa shape index (κ1) is 13.3. The van der Waals surface area contributed by atoms with E-state index in [2.05, 4.69) is 24.1 Å². The van der Waals surface area contributed by atoms with Crippen molar-refractivity contribution in [3.63, 3.8) is 0 Å². The first-order chi connectivity index (χ1) is 7.77. The van der Waals surface area contributed by atoms with Crippen LogP contribution >= 0.6 is 0 Å². The summed E-state index contributed by atoms with van der Waals surface area (Å²) >= 11 is 0. The number of hydrogen-bond acceptors (Lipinski definition) is 4. The molecule has 0 amide bonds. The minimum Gasteiger partial charge on any atom is -0.309 e. The quantitative estimate of drug-likeness (QED) is 0.799. The van der Waals surface area contributed by atoms with Crippen LogP contribution in [-0.4, -0.2) is 56.5 Å². The largest absolute Gasteiger partial charge is 0.309 e. The van der Waals surface area contributed by atoms with E-state index in [-0.39, 0.29) is 11.3 Å². The minimum absolute atomic E-state index is 0.100. The van der Waals surface area contributed by atoms with Gasteiger partial charge in [-0.3, -0.25) is 4.90 Å². The molecule has 0 aromatic rings. The highest BCUT2D eigenvalue weighted by molar-refractivity contribution is 7.90.